The predicted molar refractivity (Wildman–Crippen MR) is 246 cm³/mol. The minimum atomic E-state index is -3.00. The largest absolute Gasteiger partial charge is 0.537 e. The Morgan fingerprint density at radius 2 is 0.741 bits per heavy atom. The highest BCUT2D eigenvalue weighted by molar-refractivity contribution is 6.75. The maximum absolute atomic E-state index is 6.87. The SMILES string of the molecule is CCCCC(CC)Oc1cc(/C=C/c2ccc([Si](OCC)(OCC)OCC)cc2)c(OC(CC)CCCC)cc1/C=C/c1ccc([Si](OCC)(OCC)OCC)cc1. The Morgan fingerprint density at radius 1 is 0.431 bits per heavy atom. The van der Waals surface area contributed by atoms with E-state index in [0.717, 1.165) is 95.5 Å². The van der Waals surface area contributed by atoms with Crippen molar-refractivity contribution < 1.29 is 36.0 Å². The Hall–Kier alpha value is -3.07. The molecule has 0 heterocycles. The Morgan fingerprint density at radius 3 is 1.00 bits per heavy atom. The van der Waals surface area contributed by atoms with Gasteiger partial charge in [-0.25, -0.2) is 0 Å². The van der Waals surface area contributed by atoms with Gasteiger partial charge in [0.15, 0.2) is 0 Å². The first-order valence-electron chi connectivity index (χ1n) is 22.2. The third-order valence-corrected chi connectivity index (χ3v) is 15.9. The van der Waals surface area contributed by atoms with Crippen molar-refractivity contribution in [2.45, 2.75) is 133 Å². The summed E-state index contributed by atoms with van der Waals surface area (Å²) in [5, 5.41) is 1.92. The molecular formula is C48H74O8Si2. The Labute approximate surface area is 354 Å². The molecule has 3 rings (SSSR count). The molecule has 10 heteroatoms. The summed E-state index contributed by atoms with van der Waals surface area (Å²) in [6.07, 6.45) is 17.1. The van der Waals surface area contributed by atoms with Gasteiger partial charge in [-0.3, -0.25) is 0 Å². The highest BCUT2D eigenvalue weighted by atomic mass is 28.4. The van der Waals surface area contributed by atoms with E-state index in [1.807, 2.05) is 41.5 Å². The molecule has 2 unspecified atom stereocenters. The summed E-state index contributed by atoms with van der Waals surface area (Å²) in [5.74, 6) is 1.69. The van der Waals surface area contributed by atoms with Crippen molar-refractivity contribution in [2.75, 3.05) is 39.6 Å². The van der Waals surface area contributed by atoms with Crippen LogP contribution in [0.5, 0.6) is 11.5 Å². The van der Waals surface area contributed by atoms with E-state index >= 15 is 0 Å². The van der Waals surface area contributed by atoms with Gasteiger partial charge in [0, 0.05) is 61.1 Å². The zero-order valence-electron chi connectivity index (χ0n) is 37.4. The monoisotopic (exact) mass is 834 g/mol. The fraction of sp³-hybridized carbons (Fsp3) is 0.542. The fourth-order valence-corrected chi connectivity index (χ4v) is 11.8. The molecule has 3 aromatic rings. The van der Waals surface area contributed by atoms with Crippen LogP contribution < -0.4 is 19.8 Å². The molecule has 0 aromatic heterocycles. The molecule has 0 aliphatic heterocycles. The lowest BCUT2D eigenvalue weighted by Gasteiger charge is -2.28. The first kappa shape index (κ1) is 49.3. The smallest absolute Gasteiger partial charge is 0.490 e. The Bertz CT molecular complexity index is 1470. The van der Waals surface area contributed by atoms with Gasteiger partial charge in [-0.15, -0.1) is 0 Å². The van der Waals surface area contributed by atoms with Crippen molar-refractivity contribution in [3.63, 3.8) is 0 Å². The molecule has 3 aromatic carbocycles. The van der Waals surface area contributed by atoms with Crippen LogP contribution in [0.3, 0.4) is 0 Å². The molecule has 322 valence electrons. The van der Waals surface area contributed by atoms with E-state index in [0.29, 0.717) is 39.6 Å². The molecule has 0 amide bonds. The molecule has 58 heavy (non-hydrogen) atoms. The summed E-state index contributed by atoms with van der Waals surface area (Å²) in [7, 11) is -6.01. The van der Waals surface area contributed by atoms with Gasteiger partial charge in [-0.1, -0.05) is 126 Å². The van der Waals surface area contributed by atoms with Gasteiger partial charge in [0.25, 0.3) is 0 Å². The van der Waals surface area contributed by atoms with Gasteiger partial charge >= 0.3 is 17.6 Å². The fourth-order valence-electron chi connectivity index (χ4n) is 6.83. The molecule has 0 saturated heterocycles. The van der Waals surface area contributed by atoms with E-state index in [4.69, 9.17) is 36.0 Å². The standard InChI is InChI=1S/C48H74O8Si2/c1-11-21-23-43(13-3)55-47-37-42(32-26-40-29-35-46(36-30-40)58(52-18-8,53-19-9)54-20-10)48(56-44(14-4)24-22-12-2)38-41(47)31-25-39-27-33-45(34-28-39)57(49-15-5,50-16-6)51-17-7/h25-38,43-44H,11-24H2,1-10H3/b31-25+,32-26+. The van der Waals surface area contributed by atoms with E-state index in [1.165, 1.54) is 0 Å². The lowest BCUT2D eigenvalue weighted by Crippen LogP contribution is -2.56. The molecule has 0 radical (unpaired) electrons. The van der Waals surface area contributed by atoms with E-state index in [2.05, 4.69) is 113 Å². The summed E-state index contributed by atoms with van der Waals surface area (Å²) < 4.78 is 50.7. The van der Waals surface area contributed by atoms with Gasteiger partial charge < -0.3 is 36.0 Å². The highest BCUT2D eigenvalue weighted by Crippen LogP contribution is 2.35. The second-order valence-corrected chi connectivity index (χ2v) is 19.2. The second-order valence-electron chi connectivity index (χ2n) is 14.1. The number of rotatable bonds is 30. The van der Waals surface area contributed by atoms with Gasteiger partial charge in [-0.05, 0) is 90.5 Å². The van der Waals surface area contributed by atoms with Gasteiger partial charge in [0.05, 0.1) is 12.2 Å². The zero-order chi connectivity index (χ0) is 42.2. The molecule has 8 nitrogen and oxygen atoms in total. The molecule has 0 spiro atoms. The van der Waals surface area contributed by atoms with Crippen LogP contribution in [0, 0.1) is 0 Å². The maximum Gasteiger partial charge on any atom is 0.537 e. The van der Waals surface area contributed by atoms with Crippen molar-refractivity contribution in [2.24, 2.45) is 0 Å². The van der Waals surface area contributed by atoms with Crippen molar-refractivity contribution in [1.82, 2.24) is 0 Å². The molecule has 0 aliphatic carbocycles. The molecule has 2 atom stereocenters. The molecule has 0 bridgehead atoms. The van der Waals surface area contributed by atoms with Crippen LogP contribution in [0.1, 0.15) is 143 Å². The van der Waals surface area contributed by atoms with E-state index < -0.39 is 17.6 Å². The third-order valence-electron chi connectivity index (χ3n) is 9.84. The van der Waals surface area contributed by atoms with Crippen molar-refractivity contribution in [1.29, 1.82) is 0 Å². The van der Waals surface area contributed by atoms with Crippen LogP contribution >= 0.6 is 0 Å². The number of ether oxygens (including phenoxy) is 2. The van der Waals surface area contributed by atoms with Gasteiger partial charge in [0.2, 0.25) is 0 Å². The normalized spacial score (nSPS) is 13.4. The number of hydrogen-bond acceptors (Lipinski definition) is 8. The summed E-state index contributed by atoms with van der Waals surface area (Å²) in [6, 6.07) is 21.0. The number of unbranched alkanes of at least 4 members (excludes halogenated alkanes) is 2. The Kier molecular flexibility index (Phi) is 22.9. The first-order valence-corrected chi connectivity index (χ1v) is 25.6. The summed E-state index contributed by atoms with van der Waals surface area (Å²) in [5.41, 5.74) is 4.06. The average Bonchev–Trinajstić information content (AvgIpc) is 3.23. The van der Waals surface area contributed by atoms with Crippen LogP contribution in [-0.2, 0) is 26.6 Å². The first-order chi connectivity index (χ1) is 28.2. The quantitative estimate of drug-likeness (QED) is 0.0486. The lowest BCUT2D eigenvalue weighted by molar-refractivity contribution is 0.0851. The predicted octanol–water partition coefficient (Wildman–Crippen LogP) is 11.2. The van der Waals surface area contributed by atoms with Gasteiger partial charge in [0.1, 0.15) is 11.5 Å². The van der Waals surface area contributed by atoms with Crippen molar-refractivity contribution >= 4 is 52.3 Å². The maximum atomic E-state index is 6.87. The topological polar surface area (TPSA) is 73.8 Å². The minimum Gasteiger partial charge on any atom is -0.490 e. The van der Waals surface area contributed by atoms with Crippen LogP contribution in [0.15, 0.2) is 60.7 Å². The lowest BCUT2D eigenvalue weighted by atomic mass is 10.0. The molecule has 0 N–H and O–H groups in total. The highest BCUT2D eigenvalue weighted by Gasteiger charge is 2.44. The van der Waals surface area contributed by atoms with Crippen LogP contribution in [0.4, 0.5) is 0 Å². The summed E-state index contributed by atoms with van der Waals surface area (Å²) in [6.45, 7) is 23.9. The number of hydrogen-bond donors (Lipinski definition) is 0. The van der Waals surface area contributed by atoms with E-state index in [1.54, 1.807) is 0 Å². The van der Waals surface area contributed by atoms with E-state index in [-0.39, 0.29) is 12.2 Å². The van der Waals surface area contributed by atoms with Crippen molar-refractivity contribution in [3.05, 3.63) is 82.9 Å². The Balaban J connectivity index is 2.13. The molecule has 0 aliphatic rings. The van der Waals surface area contributed by atoms with Crippen LogP contribution in [0.2, 0.25) is 0 Å². The van der Waals surface area contributed by atoms with E-state index in [9.17, 15) is 0 Å². The third kappa shape index (κ3) is 14.6. The second kappa shape index (κ2) is 26.9. The summed E-state index contributed by atoms with van der Waals surface area (Å²) >= 11 is 0. The summed E-state index contributed by atoms with van der Waals surface area (Å²) in [4.78, 5) is 0. The molecule has 0 fully saturated rings. The average molecular weight is 835 g/mol. The van der Waals surface area contributed by atoms with Gasteiger partial charge in [-0.2, -0.15) is 0 Å². The van der Waals surface area contributed by atoms with Crippen LogP contribution in [0.25, 0.3) is 24.3 Å². The minimum absolute atomic E-state index is 0.106. The molecule has 0 saturated carbocycles. The van der Waals surface area contributed by atoms with Crippen LogP contribution in [-0.4, -0.2) is 69.5 Å². The zero-order valence-corrected chi connectivity index (χ0v) is 39.4. The molecular weight excluding hydrogens is 761 g/mol. The van der Waals surface area contributed by atoms with Crippen molar-refractivity contribution in [3.8, 4) is 11.5 Å². The number of benzene rings is 3.